The third-order valence-electron chi connectivity index (χ3n) is 4.47. The van der Waals surface area contributed by atoms with Crippen molar-refractivity contribution in [2.24, 2.45) is 0 Å². The van der Waals surface area contributed by atoms with Crippen molar-refractivity contribution in [3.63, 3.8) is 0 Å². The zero-order chi connectivity index (χ0) is 22.4. The van der Waals surface area contributed by atoms with Gasteiger partial charge in [-0.1, -0.05) is 0 Å². The van der Waals surface area contributed by atoms with Crippen molar-refractivity contribution in [2.45, 2.75) is 6.42 Å². The van der Waals surface area contributed by atoms with E-state index in [1.807, 2.05) is 23.6 Å². The largest absolute Gasteiger partial charge is 0.493 e. The number of rotatable bonds is 9. The number of amides is 1. The number of carbonyl (C=O) groups is 1. The van der Waals surface area contributed by atoms with Crippen LogP contribution >= 0.6 is 11.3 Å². The number of hydrogen-bond donors (Lipinski definition) is 1. The minimum absolute atomic E-state index is 0.125. The molecule has 1 heterocycles. The summed E-state index contributed by atoms with van der Waals surface area (Å²) in [7, 11) is 7.74. The van der Waals surface area contributed by atoms with Gasteiger partial charge in [0.25, 0.3) is 0 Å². The number of anilines is 1. The lowest BCUT2D eigenvalue weighted by atomic mass is 10.2. The fourth-order valence-corrected chi connectivity index (χ4v) is 3.83. The maximum Gasteiger partial charge on any atom is 0.230 e. The SMILES string of the molecule is COc1ccc(-c2nc(CC(=O)Nc3cc(OC)c(OC)c(OC)c3)cs2)cc1OC. The molecular formula is C22H24N2O6S. The van der Waals surface area contributed by atoms with E-state index < -0.39 is 0 Å². The van der Waals surface area contributed by atoms with Crippen LogP contribution < -0.4 is 29.0 Å². The van der Waals surface area contributed by atoms with Crippen LogP contribution in [0.2, 0.25) is 0 Å². The number of nitrogens with zero attached hydrogens (tertiary/aromatic N) is 1. The smallest absolute Gasteiger partial charge is 0.230 e. The molecule has 0 atom stereocenters. The van der Waals surface area contributed by atoms with Crippen molar-refractivity contribution in [2.75, 3.05) is 40.9 Å². The maximum atomic E-state index is 12.6. The second-order valence-electron chi connectivity index (χ2n) is 6.35. The highest BCUT2D eigenvalue weighted by molar-refractivity contribution is 7.13. The number of carbonyl (C=O) groups excluding carboxylic acids is 1. The first-order valence-electron chi connectivity index (χ1n) is 9.29. The van der Waals surface area contributed by atoms with Crippen molar-refractivity contribution < 1.29 is 28.5 Å². The molecule has 8 nitrogen and oxygen atoms in total. The van der Waals surface area contributed by atoms with E-state index in [1.54, 1.807) is 26.4 Å². The first kappa shape index (κ1) is 22.2. The van der Waals surface area contributed by atoms with Gasteiger partial charge in [0.1, 0.15) is 5.01 Å². The lowest BCUT2D eigenvalue weighted by Gasteiger charge is -2.14. The van der Waals surface area contributed by atoms with Crippen LogP contribution in [0.3, 0.4) is 0 Å². The molecule has 164 valence electrons. The first-order chi connectivity index (χ1) is 15.0. The molecule has 1 aromatic heterocycles. The number of methoxy groups -OCH3 is 5. The van der Waals surface area contributed by atoms with E-state index in [0.717, 1.165) is 10.6 Å². The summed E-state index contributed by atoms with van der Waals surface area (Å²) in [6.07, 6.45) is 0.125. The van der Waals surface area contributed by atoms with Crippen LogP contribution in [0.15, 0.2) is 35.7 Å². The summed E-state index contributed by atoms with van der Waals surface area (Å²) < 4.78 is 26.6. The quantitative estimate of drug-likeness (QED) is 0.533. The van der Waals surface area contributed by atoms with Gasteiger partial charge in [-0.25, -0.2) is 4.98 Å². The minimum Gasteiger partial charge on any atom is -0.493 e. The van der Waals surface area contributed by atoms with E-state index >= 15 is 0 Å². The molecule has 1 amide bonds. The standard InChI is InChI=1S/C22H24N2O6S/c1-26-16-7-6-13(8-17(16)27-2)22-24-15(12-31-22)11-20(25)23-14-9-18(28-3)21(30-5)19(10-14)29-4/h6-10,12H,11H2,1-5H3,(H,23,25). The predicted octanol–water partition coefficient (Wildman–Crippen LogP) is 4.03. The summed E-state index contributed by atoms with van der Waals surface area (Å²) in [5.41, 5.74) is 2.09. The van der Waals surface area contributed by atoms with Crippen LogP contribution in [0, 0.1) is 0 Å². The molecule has 0 unspecified atom stereocenters. The van der Waals surface area contributed by atoms with Crippen LogP contribution in [0.1, 0.15) is 5.69 Å². The third-order valence-corrected chi connectivity index (χ3v) is 5.41. The van der Waals surface area contributed by atoms with Crippen LogP contribution in [0.25, 0.3) is 10.6 Å². The molecule has 0 aliphatic carbocycles. The van der Waals surface area contributed by atoms with Crippen molar-refractivity contribution in [3.8, 4) is 39.3 Å². The first-order valence-corrected chi connectivity index (χ1v) is 10.2. The zero-order valence-corrected chi connectivity index (χ0v) is 18.8. The molecule has 0 radical (unpaired) electrons. The molecule has 0 fully saturated rings. The van der Waals surface area contributed by atoms with Gasteiger partial charge in [-0.2, -0.15) is 0 Å². The molecule has 9 heteroatoms. The van der Waals surface area contributed by atoms with E-state index in [4.69, 9.17) is 23.7 Å². The summed E-state index contributed by atoms with van der Waals surface area (Å²) in [5, 5.41) is 5.50. The highest BCUT2D eigenvalue weighted by Gasteiger charge is 2.16. The molecule has 1 N–H and O–H groups in total. The van der Waals surface area contributed by atoms with Crippen LogP contribution in [0.4, 0.5) is 5.69 Å². The van der Waals surface area contributed by atoms with Gasteiger partial charge in [0.05, 0.1) is 47.7 Å². The second-order valence-corrected chi connectivity index (χ2v) is 7.21. The molecule has 31 heavy (non-hydrogen) atoms. The van der Waals surface area contributed by atoms with Crippen molar-refractivity contribution in [1.82, 2.24) is 4.98 Å². The topological polar surface area (TPSA) is 88.1 Å². The lowest BCUT2D eigenvalue weighted by Crippen LogP contribution is -2.15. The second kappa shape index (κ2) is 10.0. The van der Waals surface area contributed by atoms with E-state index in [9.17, 15) is 4.79 Å². The molecule has 0 saturated heterocycles. The summed E-state index contributed by atoms with van der Waals surface area (Å²) in [4.78, 5) is 17.1. The molecule has 2 aromatic carbocycles. The Morgan fingerprint density at radius 3 is 2.10 bits per heavy atom. The fourth-order valence-electron chi connectivity index (χ4n) is 3.01. The lowest BCUT2D eigenvalue weighted by molar-refractivity contribution is -0.115. The number of thiazole rings is 1. The van der Waals surface area contributed by atoms with Gasteiger partial charge < -0.3 is 29.0 Å². The van der Waals surface area contributed by atoms with Crippen LogP contribution in [-0.4, -0.2) is 46.4 Å². The number of ether oxygens (including phenoxy) is 5. The maximum absolute atomic E-state index is 12.6. The number of benzene rings is 2. The van der Waals surface area contributed by atoms with Gasteiger partial charge in [-0.3, -0.25) is 4.79 Å². The van der Waals surface area contributed by atoms with Gasteiger partial charge in [-0.15, -0.1) is 11.3 Å². The number of aromatic nitrogens is 1. The average molecular weight is 445 g/mol. The molecule has 0 bridgehead atoms. The van der Waals surface area contributed by atoms with Crippen molar-refractivity contribution in [3.05, 3.63) is 41.4 Å². The van der Waals surface area contributed by atoms with Crippen molar-refractivity contribution >= 4 is 22.9 Å². The van der Waals surface area contributed by atoms with Crippen LogP contribution in [-0.2, 0) is 11.2 Å². The van der Waals surface area contributed by atoms with E-state index in [1.165, 1.54) is 32.7 Å². The molecule has 0 spiro atoms. The van der Waals surface area contributed by atoms with Gasteiger partial charge >= 0.3 is 0 Å². The highest BCUT2D eigenvalue weighted by Crippen LogP contribution is 2.40. The molecule has 3 aromatic rings. The minimum atomic E-state index is -0.210. The summed E-state index contributed by atoms with van der Waals surface area (Å²) in [6.45, 7) is 0. The van der Waals surface area contributed by atoms with Gasteiger partial charge in [0.2, 0.25) is 11.7 Å². The molecule has 3 rings (SSSR count). The number of hydrogen-bond acceptors (Lipinski definition) is 8. The number of nitrogens with one attached hydrogen (secondary N) is 1. The Labute approximate surface area is 184 Å². The van der Waals surface area contributed by atoms with E-state index in [2.05, 4.69) is 10.3 Å². The Morgan fingerprint density at radius 1 is 0.871 bits per heavy atom. The molecule has 0 aliphatic heterocycles. The molecule has 0 aliphatic rings. The predicted molar refractivity (Wildman–Crippen MR) is 119 cm³/mol. The van der Waals surface area contributed by atoms with E-state index in [-0.39, 0.29) is 12.3 Å². The summed E-state index contributed by atoms with van der Waals surface area (Å²) in [6, 6.07) is 8.94. The zero-order valence-electron chi connectivity index (χ0n) is 18.0. The Hall–Kier alpha value is -3.46. The Bertz CT molecular complexity index is 1040. The average Bonchev–Trinajstić information content (AvgIpc) is 3.25. The van der Waals surface area contributed by atoms with Crippen molar-refractivity contribution in [1.29, 1.82) is 0 Å². The normalized spacial score (nSPS) is 10.4. The van der Waals surface area contributed by atoms with E-state index in [0.29, 0.717) is 40.1 Å². The molecule has 0 saturated carbocycles. The molecular weight excluding hydrogens is 420 g/mol. The van der Waals surface area contributed by atoms with Gasteiger partial charge in [0, 0.05) is 28.8 Å². The fraction of sp³-hybridized carbons (Fsp3) is 0.273. The summed E-state index contributed by atoms with van der Waals surface area (Å²) in [5.74, 6) is 2.44. The summed E-state index contributed by atoms with van der Waals surface area (Å²) >= 11 is 1.46. The monoisotopic (exact) mass is 444 g/mol. The third kappa shape index (κ3) is 5.00. The highest BCUT2D eigenvalue weighted by atomic mass is 32.1. The van der Waals surface area contributed by atoms with Crippen LogP contribution in [0.5, 0.6) is 28.7 Å². The van der Waals surface area contributed by atoms with Gasteiger partial charge in [0.15, 0.2) is 23.0 Å². The Kier molecular flexibility index (Phi) is 7.19. The Balaban J connectivity index is 1.73. The van der Waals surface area contributed by atoms with Gasteiger partial charge in [-0.05, 0) is 18.2 Å². The Morgan fingerprint density at radius 2 is 1.52 bits per heavy atom.